The Morgan fingerprint density at radius 3 is 3.07 bits per heavy atom. The number of para-hydroxylation sites is 1. The number of nitrogens with one attached hydrogen (secondary N) is 1. The Balaban J connectivity index is 2.06. The van der Waals surface area contributed by atoms with Crippen molar-refractivity contribution < 1.29 is 0 Å². The standard InChI is InChI=1S/C12H17BrN2/c13-11-5-1-4-10(12(11)14)7-9-3-2-6-15-8-9/h1,4-5,9,15H,2-3,6-8,14H2. The van der Waals surface area contributed by atoms with Crippen molar-refractivity contribution in [3.8, 4) is 0 Å². The minimum atomic E-state index is 0.746. The summed E-state index contributed by atoms with van der Waals surface area (Å²) in [5, 5.41) is 3.44. The van der Waals surface area contributed by atoms with E-state index in [-0.39, 0.29) is 0 Å². The Kier molecular flexibility index (Phi) is 3.65. The van der Waals surface area contributed by atoms with E-state index in [4.69, 9.17) is 5.73 Å². The van der Waals surface area contributed by atoms with Gasteiger partial charge in [-0.3, -0.25) is 0 Å². The molecule has 1 aromatic carbocycles. The van der Waals surface area contributed by atoms with Crippen molar-refractivity contribution in [2.75, 3.05) is 18.8 Å². The molecule has 1 heterocycles. The Hall–Kier alpha value is -0.540. The topological polar surface area (TPSA) is 38.0 Å². The monoisotopic (exact) mass is 268 g/mol. The first kappa shape index (κ1) is 11.0. The summed E-state index contributed by atoms with van der Waals surface area (Å²) in [6, 6.07) is 6.19. The second kappa shape index (κ2) is 4.99. The number of piperidine rings is 1. The zero-order chi connectivity index (χ0) is 10.7. The third-order valence-corrected chi connectivity index (χ3v) is 3.74. The summed E-state index contributed by atoms with van der Waals surface area (Å²) in [7, 11) is 0. The number of nitrogens with two attached hydrogens (primary N) is 1. The SMILES string of the molecule is Nc1c(Br)cccc1CC1CCCNC1. The van der Waals surface area contributed by atoms with Gasteiger partial charge in [0.2, 0.25) is 0 Å². The first-order valence-electron chi connectivity index (χ1n) is 5.51. The maximum absolute atomic E-state index is 6.03. The number of rotatable bonds is 2. The number of benzene rings is 1. The summed E-state index contributed by atoms with van der Waals surface area (Å²) in [4.78, 5) is 0. The third kappa shape index (κ3) is 2.73. The van der Waals surface area contributed by atoms with Crippen LogP contribution < -0.4 is 11.1 Å². The van der Waals surface area contributed by atoms with Crippen LogP contribution in [0, 0.1) is 5.92 Å². The summed E-state index contributed by atoms with van der Waals surface area (Å²) in [5.41, 5.74) is 8.21. The summed E-state index contributed by atoms with van der Waals surface area (Å²) in [6.07, 6.45) is 3.70. The quantitative estimate of drug-likeness (QED) is 0.810. The summed E-state index contributed by atoms with van der Waals surface area (Å²) >= 11 is 3.47. The van der Waals surface area contributed by atoms with Crippen LogP contribution >= 0.6 is 15.9 Å². The third-order valence-electron chi connectivity index (χ3n) is 3.05. The van der Waals surface area contributed by atoms with Crippen LogP contribution in [-0.2, 0) is 6.42 Å². The fourth-order valence-electron chi connectivity index (χ4n) is 2.17. The molecule has 1 saturated heterocycles. The molecule has 3 heteroatoms. The highest BCUT2D eigenvalue weighted by Gasteiger charge is 2.15. The zero-order valence-corrected chi connectivity index (χ0v) is 10.4. The fraction of sp³-hybridized carbons (Fsp3) is 0.500. The normalized spacial score (nSPS) is 21.5. The first-order valence-corrected chi connectivity index (χ1v) is 6.30. The van der Waals surface area contributed by atoms with Crippen molar-refractivity contribution in [2.24, 2.45) is 5.92 Å². The number of anilines is 1. The van der Waals surface area contributed by atoms with E-state index in [2.05, 4.69) is 33.4 Å². The molecule has 1 fully saturated rings. The van der Waals surface area contributed by atoms with E-state index in [0.29, 0.717) is 0 Å². The van der Waals surface area contributed by atoms with Crippen molar-refractivity contribution in [3.05, 3.63) is 28.2 Å². The lowest BCUT2D eigenvalue weighted by molar-refractivity contribution is 0.376. The molecule has 0 aliphatic carbocycles. The van der Waals surface area contributed by atoms with Gasteiger partial charge in [-0.15, -0.1) is 0 Å². The van der Waals surface area contributed by atoms with Gasteiger partial charge in [0.05, 0.1) is 0 Å². The Morgan fingerprint density at radius 2 is 2.33 bits per heavy atom. The van der Waals surface area contributed by atoms with Gasteiger partial charge in [-0.05, 0) is 65.8 Å². The molecule has 0 saturated carbocycles. The highest BCUT2D eigenvalue weighted by molar-refractivity contribution is 9.10. The number of hydrogen-bond donors (Lipinski definition) is 2. The fourth-order valence-corrected chi connectivity index (χ4v) is 2.58. The van der Waals surface area contributed by atoms with E-state index in [9.17, 15) is 0 Å². The molecule has 0 amide bonds. The van der Waals surface area contributed by atoms with Crippen molar-refractivity contribution in [1.29, 1.82) is 0 Å². The Labute approximate surface area is 99.4 Å². The maximum atomic E-state index is 6.03. The number of halogens is 1. The van der Waals surface area contributed by atoms with Crippen LogP contribution in [0.15, 0.2) is 22.7 Å². The van der Waals surface area contributed by atoms with Crippen LogP contribution in [0.25, 0.3) is 0 Å². The minimum absolute atomic E-state index is 0.746. The summed E-state index contributed by atoms with van der Waals surface area (Å²) in [5.74, 6) is 0.746. The van der Waals surface area contributed by atoms with Crippen LogP contribution in [0.5, 0.6) is 0 Å². The lowest BCUT2D eigenvalue weighted by Crippen LogP contribution is -2.31. The van der Waals surface area contributed by atoms with Crippen LogP contribution in [-0.4, -0.2) is 13.1 Å². The largest absolute Gasteiger partial charge is 0.398 e. The van der Waals surface area contributed by atoms with Gasteiger partial charge in [-0.2, -0.15) is 0 Å². The van der Waals surface area contributed by atoms with Crippen molar-refractivity contribution in [1.82, 2.24) is 5.32 Å². The van der Waals surface area contributed by atoms with Gasteiger partial charge in [0.25, 0.3) is 0 Å². The molecule has 0 aromatic heterocycles. The number of nitrogen functional groups attached to an aromatic ring is 1. The predicted molar refractivity (Wildman–Crippen MR) is 67.9 cm³/mol. The molecule has 0 spiro atoms. The lowest BCUT2D eigenvalue weighted by Gasteiger charge is -2.23. The minimum Gasteiger partial charge on any atom is -0.398 e. The Morgan fingerprint density at radius 1 is 1.47 bits per heavy atom. The first-order chi connectivity index (χ1) is 7.27. The van der Waals surface area contributed by atoms with E-state index in [1.807, 2.05) is 6.07 Å². The molecular formula is C12H17BrN2. The molecule has 1 aromatic rings. The van der Waals surface area contributed by atoms with Crippen LogP contribution in [0.1, 0.15) is 18.4 Å². The molecule has 0 radical (unpaired) electrons. The molecule has 2 nitrogen and oxygen atoms in total. The second-order valence-electron chi connectivity index (χ2n) is 4.23. The predicted octanol–water partition coefficient (Wildman–Crippen LogP) is 2.57. The van der Waals surface area contributed by atoms with E-state index < -0.39 is 0 Å². The van der Waals surface area contributed by atoms with Gasteiger partial charge in [0, 0.05) is 10.2 Å². The number of hydrogen-bond acceptors (Lipinski definition) is 2. The van der Waals surface area contributed by atoms with Gasteiger partial charge in [-0.25, -0.2) is 0 Å². The average molecular weight is 269 g/mol. The molecule has 3 N–H and O–H groups in total. The summed E-state index contributed by atoms with van der Waals surface area (Å²) in [6.45, 7) is 2.30. The van der Waals surface area contributed by atoms with Gasteiger partial charge in [0.15, 0.2) is 0 Å². The van der Waals surface area contributed by atoms with E-state index >= 15 is 0 Å². The van der Waals surface area contributed by atoms with E-state index in [1.54, 1.807) is 0 Å². The molecule has 1 aliphatic heterocycles. The van der Waals surface area contributed by atoms with Crippen molar-refractivity contribution in [3.63, 3.8) is 0 Å². The van der Waals surface area contributed by atoms with E-state index in [0.717, 1.165) is 29.0 Å². The smallest absolute Gasteiger partial charge is 0.0491 e. The van der Waals surface area contributed by atoms with Crippen LogP contribution in [0.2, 0.25) is 0 Å². The molecule has 2 rings (SSSR count). The average Bonchev–Trinajstić information content (AvgIpc) is 2.26. The van der Waals surface area contributed by atoms with Crippen LogP contribution in [0.3, 0.4) is 0 Å². The van der Waals surface area contributed by atoms with Crippen molar-refractivity contribution >= 4 is 21.6 Å². The lowest BCUT2D eigenvalue weighted by atomic mass is 9.92. The zero-order valence-electron chi connectivity index (χ0n) is 8.80. The van der Waals surface area contributed by atoms with Gasteiger partial charge in [0.1, 0.15) is 0 Å². The van der Waals surface area contributed by atoms with Gasteiger partial charge < -0.3 is 11.1 Å². The molecular weight excluding hydrogens is 252 g/mol. The Bertz CT molecular complexity index is 332. The van der Waals surface area contributed by atoms with Gasteiger partial charge in [-0.1, -0.05) is 12.1 Å². The van der Waals surface area contributed by atoms with Gasteiger partial charge >= 0.3 is 0 Å². The molecule has 1 unspecified atom stereocenters. The second-order valence-corrected chi connectivity index (χ2v) is 5.08. The summed E-state index contributed by atoms with van der Waals surface area (Å²) < 4.78 is 1.02. The van der Waals surface area contributed by atoms with Crippen molar-refractivity contribution in [2.45, 2.75) is 19.3 Å². The maximum Gasteiger partial charge on any atom is 0.0491 e. The molecule has 1 atom stereocenters. The highest BCUT2D eigenvalue weighted by atomic mass is 79.9. The highest BCUT2D eigenvalue weighted by Crippen LogP contribution is 2.26. The molecule has 15 heavy (non-hydrogen) atoms. The van der Waals surface area contributed by atoms with E-state index in [1.165, 1.54) is 24.9 Å². The molecule has 82 valence electrons. The van der Waals surface area contributed by atoms with Crippen LogP contribution in [0.4, 0.5) is 5.69 Å². The molecule has 1 aliphatic rings. The molecule has 0 bridgehead atoms.